The van der Waals surface area contributed by atoms with Crippen molar-refractivity contribution in [3.05, 3.63) is 17.5 Å². The van der Waals surface area contributed by atoms with Crippen molar-refractivity contribution in [2.75, 3.05) is 26.2 Å². The van der Waals surface area contributed by atoms with Crippen LogP contribution < -0.4 is 0 Å². The van der Waals surface area contributed by atoms with Crippen LogP contribution >= 0.6 is 0 Å². The zero-order valence-corrected chi connectivity index (χ0v) is 11.8. The minimum Gasteiger partial charge on any atom is -0.360 e. The van der Waals surface area contributed by atoms with Gasteiger partial charge in [-0.25, -0.2) is 0 Å². The van der Waals surface area contributed by atoms with Gasteiger partial charge in [-0.3, -0.25) is 9.69 Å². The van der Waals surface area contributed by atoms with E-state index in [9.17, 15) is 4.79 Å². The quantitative estimate of drug-likeness (QED) is 0.845. The number of hydrogen-bond donors (Lipinski definition) is 0. The fourth-order valence-corrected chi connectivity index (χ4v) is 3.44. The molecule has 2 aliphatic heterocycles. The van der Waals surface area contributed by atoms with E-state index < -0.39 is 0 Å². The lowest BCUT2D eigenvalue weighted by Crippen LogP contribution is -2.37. The number of aromatic nitrogens is 1. The minimum atomic E-state index is 0.0438. The van der Waals surface area contributed by atoms with Crippen LogP contribution in [0.25, 0.3) is 0 Å². The van der Waals surface area contributed by atoms with E-state index in [2.05, 4.69) is 10.1 Å². The second kappa shape index (κ2) is 4.88. The largest absolute Gasteiger partial charge is 0.360 e. The monoisotopic (exact) mass is 275 g/mol. The smallest absolute Gasteiger partial charge is 0.276 e. The molecule has 108 valence electrons. The van der Waals surface area contributed by atoms with Gasteiger partial charge in [0.15, 0.2) is 5.69 Å². The SMILES string of the molecule is O=C(c1cc(C2CC2)on1)N1CC[C@@H](N2CCCC2)C1. The van der Waals surface area contributed by atoms with Crippen molar-refractivity contribution in [3.8, 4) is 0 Å². The highest BCUT2D eigenvalue weighted by Gasteiger charge is 2.34. The molecular formula is C15H21N3O2. The molecule has 1 aromatic rings. The summed E-state index contributed by atoms with van der Waals surface area (Å²) in [5.41, 5.74) is 0.494. The van der Waals surface area contributed by atoms with Gasteiger partial charge in [0.05, 0.1) is 0 Å². The van der Waals surface area contributed by atoms with Crippen molar-refractivity contribution in [1.82, 2.24) is 15.0 Å². The maximum absolute atomic E-state index is 12.4. The molecule has 5 nitrogen and oxygen atoms in total. The molecule has 1 atom stereocenters. The van der Waals surface area contributed by atoms with E-state index in [0.29, 0.717) is 17.7 Å². The summed E-state index contributed by atoms with van der Waals surface area (Å²) >= 11 is 0. The Labute approximate surface area is 118 Å². The van der Waals surface area contributed by atoms with Crippen molar-refractivity contribution in [1.29, 1.82) is 0 Å². The maximum atomic E-state index is 12.4. The maximum Gasteiger partial charge on any atom is 0.276 e. The van der Waals surface area contributed by atoms with Crippen LogP contribution in [0, 0.1) is 0 Å². The van der Waals surface area contributed by atoms with Crippen molar-refractivity contribution in [2.24, 2.45) is 0 Å². The van der Waals surface area contributed by atoms with E-state index in [1.807, 2.05) is 11.0 Å². The normalized spacial score (nSPS) is 27.4. The molecule has 3 fully saturated rings. The van der Waals surface area contributed by atoms with Gasteiger partial charge >= 0.3 is 0 Å². The van der Waals surface area contributed by atoms with Gasteiger partial charge in [0, 0.05) is 31.1 Å². The summed E-state index contributed by atoms with van der Waals surface area (Å²) in [6, 6.07) is 2.40. The number of likely N-dealkylation sites (tertiary alicyclic amines) is 2. The highest BCUT2D eigenvalue weighted by atomic mass is 16.5. The third kappa shape index (κ3) is 2.24. The first-order chi connectivity index (χ1) is 9.81. The molecule has 20 heavy (non-hydrogen) atoms. The second-order valence-electron chi connectivity index (χ2n) is 6.33. The molecule has 0 radical (unpaired) electrons. The van der Waals surface area contributed by atoms with E-state index in [1.165, 1.54) is 38.8 Å². The number of amides is 1. The zero-order chi connectivity index (χ0) is 13.5. The molecule has 0 unspecified atom stereocenters. The van der Waals surface area contributed by atoms with Gasteiger partial charge in [-0.1, -0.05) is 5.16 Å². The summed E-state index contributed by atoms with van der Waals surface area (Å²) < 4.78 is 5.29. The standard InChI is InChI=1S/C15H21N3O2/c19-15(13-9-14(20-16-13)11-3-4-11)18-8-5-12(10-18)17-6-1-2-7-17/h9,11-12H,1-8,10H2/t12-/m1/s1. The Bertz CT molecular complexity index is 503. The van der Waals surface area contributed by atoms with Gasteiger partial charge in [-0.15, -0.1) is 0 Å². The van der Waals surface area contributed by atoms with Gasteiger partial charge in [-0.2, -0.15) is 0 Å². The Morgan fingerprint density at radius 3 is 2.75 bits per heavy atom. The Morgan fingerprint density at radius 2 is 2.00 bits per heavy atom. The van der Waals surface area contributed by atoms with Gasteiger partial charge in [0.25, 0.3) is 5.91 Å². The van der Waals surface area contributed by atoms with Gasteiger partial charge in [0.1, 0.15) is 5.76 Å². The van der Waals surface area contributed by atoms with Crippen molar-refractivity contribution >= 4 is 5.91 Å². The van der Waals surface area contributed by atoms with Crippen molar-refractivity contribution < 1.29 is 9.32 Å². The Balaban J connectivity index is 1.40. The van der Waals surface area contributed by atoms with Crippen LogP contribution in [0.15, 0.2) is 10.6 Å². The highest BCUT2D eigenvalue weighted by Crippen LogP contribution is 2.40. The molecule has 5 heteroatoms. The lowest BCUT2D eigenvalue weighted by atomic mass is 10.2. The summed E-state index contributed by atoms with van der Waals surface area (Å²) in [6.45, 7) is 4.10. The summed E-state index contributed by atoms with van der Waals surface area (Å²) in [4.78, 5) is 16.9. The van der Waals surface area contributed by atoms with Gasteiger partial charge in [-0.05, 0) is 45.2 Å². The molecular weight excluding hydrogens is 254 g/mol. The lowest BCUT2D eigenvalue weighted by molar-refractivity contribution is 0.0769. The predicted octanol–water partition coefficient (Wildman–Crippen LogP) is 1.86. The average molecular weight is 275 g/mol. The summed E-state index contributed by atoms with van der Waals surface area (Å²) in [6.07, 6.45) is 6.04. The molecule has 1 saturated carbocycles. The topological polar surface area (TPSA) is 49.6 Å². The fourth-order valence-electron chi connectivity index (χ4n) is 3.44. The summed E-state index contributed by atoms with van der Waals surface area (Å²) in [5, 5.41) is 3.96. The van der Waals surface area contributed by atoms with Crippen LogP contribution in [0.2, 0.25) is 0 Å². The number of carbonyl (C=O) groups is 1. The molecule has 1 amide bonds. The van der Waals surface area contributed by atoms with Crippen LogP contribution in [0.1, 0.15) is 54.3 Å². The van der Waals surface area contributed by atoms with Crippen molar-refractivity contribution in [3.63, 3.8) is 0 Å². The molecule has 2 saturated heterocycles. The van der Waals surface area contributed by atoms with Crippen molar-refractivity contribution in [2.45, 2.75) is 44.1 Å². The average Bonchev–Trinajstić information content (AvgIpc) is 2.97. The Hall–Kier alpha value is -1.36. The Kier molecular flexibility index (Phi) is 3.02. The van der Waals surface area contributed by atoms with Crippen LogP contribution in [0.4, 0.5) is 0 Å². The first-order valence-corrected chi connectivity index (χ1v) is 7.81. The Morgan fingerprint density at radius 1 is 1.20 bits per heavy atom. The van der Waals surface area contributed by atoms with Crippen LogP contribution in [0.3, 0.4) is 0 Å². The molecule has 1 aromatic heterocycles. The third-order valence-corrected chi connectivity index (χ3v) is 4.83. The molecule has 4 rings (SSSR count). The highest BCUT2D eigenvalue weighted by molar-refractivity contribution is 5.92. The number of hydrogen-bond acceptors (Lipinski definition) is 4. The molecule has 3 aliphatic rings. The van der Waals surface area contributed by atoms with Crippen LogP contribution in [-0.2, 0) is 0 Å². The summed E-state index contributed by atoms with van der Waals surface area (Å²) in [5.74, 6) is 1.45. The van der Waals surface area contributed by atoms with E-state index >= 15 is 0 Å². The third-order valence-electron chi connectivity index (χ3n) is 4.83. The van der Waals surface area contributed by atoms with E-state index in [4.69, 9.17) is 4.52 Å². The number of nitrogens with zero attached hydrogens (tertiary/aromatic N) is 3. The molecule has 1 aliphatic carbocycles. The number of carbonyl (C=O) groups excluding carboxylic acids is 1. The second-order valence-corrected chi connectivity index (χ2v) is 6.33. The minimum absolute atomic E-state index is 0.0438. The zero-order valence-electron chi connectivity index (χ0n) is 11.8. The molecule has 0 aromatic carbocycles. The molecule has 0 spiro atoms. The van der Waals surface area contributed by atoms with E-state index in [0.717, 1.165) is 25.3 Å². The van der Waals surface area contributed by atoms with Crippen LogP contribution in [-0.4, -0.2) is 53.1 Å². The van der Waals surface area contributed by atoms with Crippen LogP contribution in [0.5, 0.6) is 0 Å². The fraction of sp³-hybridized carbons (Fsp3) is 0.733. The first-order valence-electron chi connectivity index (χ1n) is 7.81. The molecule has 0 bridgehead atoms. The van der Waals surface area contributed by atoms with E-state index in [-0.39, 0.29) is 5.91 Å². The molecule has 0 N–H and O–H groups in total. The molecule has 3 heterocycles. The first kappa shape index (κ1) is 12.4. The van der Waals surface area contributed by atoms with E-state index in [1.54, 1.807) is 0 Å². The summed E-state index contributed by atoms with van der Waals surface area (Å²) in [7, 11) is 0. The lowest BCUT2D eigenvalue weighted by Gasteiger charge is -2.23. The predicted molar refractivity (Wildman–Crippen MR) is 73.6 cm³/mol. The van der Waals surface area contributed by atoms with Gasteiger partial charge in [0.2, 0.25) is 0 Å². The number of rotatable bonds is 3. The van der Waals surface area contributed by atoms with Gasteiger partial charge < -0.3 is 9.42 Å².